The van der Waals surface area contributed by atoms with E-state index in [4.69, 9.17) is 5.73 Å². The number of rotatable bonds is 6. The van der Waals surface area contributed by atoms with Crippen molar-refractivity contribution in [3.63, 3.8) is 0 Å². The molecule has 0 unspecified atom stereocenters. The first-order chi connectivity index (χ1) is 17.2. The number of hydrogen-bond acceptors (Lipinski definition) is 5. The van der Waals surface area contributed by atoms with E-state index >= 15 is 0 Å². The van der Waals surface area contributed by atoms with Gasteiger partial charge in [0.25, 0.3) is 5.91 Å². The highest BCUT2D eigenvalue weighted by atomic mass is 19.4. The minimum Gasteiger partial charge on any atom is -0.397 e. The maximum Gasteiger partial charge on any atom is 0.435 e. The lowest BCUT2D eigenvalue weighted by Crippen LogP contribution is -2.52. The van der Waals surface area contributed by atoms with Crippen LogP contribution in [0.1, 0.15) is 16.1 Å². The normalized spacial score (nSPS) is 14.0. The van der Waals surface area contributed by atoms with Gasteiger partial charge in [0, 0.05) is 45.5 Å². The molecule has 0 spiro atoms. The first-order valence-corrected chi connectivity index (χ1v) is 11.4. The van der Waals surface area contributed by atoms with Crippen molar-refractivity contribution >= 4 is 23.3 Å². The van der Waals surface area contributed by atoms with E-state index in [2.05, 4.69) is 20.6 Å². The van der Waals surface area contributed by atoms with Crippen LogP contribution < -0.4 is 21.3 Å². The van der Waals surface area contributed by atoms with Crippen molar-refractivity contribution in [2.75, 3.05) is 49.9 Å². The highest BCUT2D eigenvalue weighted by molar-refractivity contribution is 5.95. The average Bonchev–Trinajstić information content (AvgIpc) is 3.34. The van der Waals surface area contributed by atoms with E-state index in [1.165, 1.54) is 0 Å². The van der Waals surface area contributed by atoms with Crippen molar-refractivity contribution in [1.29, 1.82) is 0 Å². The molecule has 0 atom stereocenters. The van der Waals surface area contributed by atoms with Gasteiger partial charge in [0.2, 0.25) is 0 Å². The number of halogens is 3. The summed E-state index contributed by atoms with van der Waals surface area (Å²) < 4.78 is 41.4. The maximum absolute atomic E-state index is 13.5. The first-order valence-electron chi connectivity index (χ1n) is 11.4. The number of alkyl halides is 3. The molecule has 12 heteroatoms. The Morgan fingerprint density at radius 3 is 2.22 bits per heavy atom. The van der Waals surface area contributed by atoms with Gasteiger partial charge in [0.05, 0.1) is 22.6 Å². The van der Waals surface area contributed by atoms with Crippen LogP contribution in [-0.4, -0.2) is 65.9 Å². The van der Waals surface area contributed by atoms with Crippen LogP contribution in [0.3, 0.4) is 0 Å². The van der Waals surface area contributed by atoms with Crippen LogP contribution in [0.15, 0.2) is 60.8 Å². The Labute approximate surface area is 205 Å². The van der Waals surface area contributed by atoms with E-state index in [1.807, 2.05) is 24.3 Å². The molecule has 4 rings (SSSR count). The van der Waals surface area contributed by atoms with Gasteiger partial charge < -0.3 is 26.2 Å². The Kier molecular flexibility index (Phi) is 7.32. The second-order valence-electron chi connectivity index (χ2n) is 8.19. The molecule has 2 aromatic carbocycles. The second kappa shape index (κ2) is 10.6. The van der Waals surface area contributed by atoms with E-state index < -0.39 is 23.3 Å². The van der Waals surface area contributed by atoms with Gasteiger partial charge in [0.1, 0.15) is 0 Å². The highest BCUT2D eigenvalue weighted by Crippen LogP contribution is 2.31. The zero-order chi connectivity index (χ0) is 25.7. The number of nitrogen functional groups attached to an aromatic ring is 1. The number of benzene rings is 2. The predicted octanol–water partition coefficient (Wildman–Crippen LogP) is 2.73. The van der Waals surface area contributed by atoms with Crippen molar-refractivity contribution in [3.8, 4) is 5.69 Å². The zero-order valence-electron chi connectivity index (χ0n) is 19.3. The summed E-state index contributed by atoms with van der Waals surface area (Å²) in [5.41, 5.74) is 6.15. The molecule has 3 aromatic rings. The molecule has 1 aliphatic heterocycles. The fourth-order valence-electron chi connectivity index (χ4n) is 3.94. The summed E-state index contributed by atoms with van der Waals surface area (Å²) in [6.45, 7) is 2.22. The van der Waals surface area contributed by atoms with Crippen LogP contribution in [0.2, 0.25) is 0 Å². The lowest BCUT2D eigenvalue weighted by molar-refractivity contribution is -0.141. The first kappa shape index (κ1) is 24.9. The summed E-state index contributed by atoms with van der Waals surface area (Å²) in [5.74, 6) is -0.923. The Morgan fingerprint density at radius 2 is 1.56 bits per heavy atom. The van der Waals surface area contributed by atoms with E-state index in [9.17, 15) is 22.8 Å². The summed E-state index contributed by atoms with van der Waals surface area (Å²) in [7, 11) is 0. The molecule has 2 heterocycles. The largest absolute Gasteiger partial charge is 0.435 e. The van der Waals surface area contributed by atoms with Gasteiger partial charge in [-0.1, -0.05) is 30.3 Å². The number of para-hydroxylation sites is 3. The van der Waals surface area contributed by atoms with Gasteiger partial charge in [0.15, 0.2) is 5.69 Å². The van der Waals surface area contributed by atoms with Crippen LogP contribution in [0.5, 0.6) is 0 Å². The van der Waals surface area contributed by atoms with Crippen molar-refractivity contribution in [3.05, 3.63) is 72.1 Å². The number of nitrogens with zero attached hydrogens (tertiary/aromatic N) is 4. The number of amides is 3. The van der Waals surface area contributed by atoms with E-state index in [1.54, 1.807) is 35.2 Å². The lowest BCUT2D eigenvalue weighted by atomic mass is 10.2. The molecule has 3 amide bonds. The van der Waals surface area contributed by atoms with Gasteiger partial charge in [-0.25, -0.2) is 9.48 Å². The number of hydrogen-bond donors (Lipinski definition) is 3. The molecule has 1 fully saturated rings. The number of aromatic nitrogens is 2. The number of carbonyl (C=O) groups is 2. The molecule has 9 nitrogen and oxygen atoms in total. The van der Waals surface area contributed by atoms with Crippen LogP contribution in [0.4, 0.5) is 29.3 Å². The number of piperazine rings is 1. The number of anilines is 2. The molecule has 1 aromatic heterocycles. The summed E-state index contributed by atoms with van der Waals surface area (Å²) in [6, 6.07) is 15.4. The summed E-state index contributed by atoms with van der Waals surface area (Å²) in [5, 5.41) is 8.68. The summed E-state index contributed by atoms with van der Waals surface area (Å²) >= 11 is 0. The molecule has 0 bridgehead atoms. The molecule has 0 saturated carbocycles. The van der Waals surface area contributed by atoms with Crippen LogP contribution in [0.25, 0.3) is 5.69 Å². The molecule has 1 aliphatic rings. The molecule has 0 aliphatic carbocycles. The Hall–Kier alpha value is -4.22. The molecule has 1 saturated heterocycles. The minimum atomic E-state index is -4.80. The van der Waals surface area contributed by atoms with Crippen molar-refractivity contribution in [2.24, 2.45) is 0 Å². The fraction of sp³-hybridized carbons (Fsp3) is 0.292. The third-order valence-electron chi connectivity index (χ3n) is 5.78. The standard InChI is InChI=1S/C24H26F3N7O2/c25-24(26,27)21-18(16-34(31-21)17-6-2-1-3-7-17)22(35)29-10-11-30-23(36)33-14-12-32(13-15-33)20-9-5-4-8-19(20)28/h1-9,16H,10-15,28H2,(H,29,35)(H,30,36). The number of carbonyl (C=O) groups excluding carboxylic acids is 2. The van der Waals surface area contributed by atoms with Crippen LogP contribution in [-0.2, 0) is 6.18 Å². The van der Waals surface area contributed by atoms with Gasteiger partial charge in [-0.15, -0.1) is 0 Å². The summed E-state index contributed by atoms with van der Waals surface area (Å²) in [6.07, 6.45) is -3.75. The predicted molar refractivity (Wildman–Crippen MR) is 129 cm³/mol. The quantitative estimate of drug-likeness (QED) is 0.356. The Morgan fingerprint density at radius 1 is 0.917 bits per heavy atom. The molecule has 4 N–H and O–H groups in total. The van der Waals surface area contributed by atoms with Gasteiger partial charge >= 0.3 is 12.2 Å². The van der Waals surface area contributed by atoms with Gasteiger partial charge in [-0.05, 0) is 24.3 Å². The number of urea groups is 1. The SMILES string of the molecule is Nc1ccccc1N1CCN(C(=O)NCCNC(=O)c2cn(-c3ccccc3)nc2C(F)(F)F)CC1. The third kappa shape index (κ3) is 5.70. The third-order valence-corrected chi connectivity index (χ3v) is 5.78. The Bertz CT molecular complexity index is 1210. The molecular weight excluding hydrogens is 475 g/mol. The van der Waals surface area contributed by atoms with Gasteiger partial charge in [-0.3, -0.25) is 4.79 Å². The zero-order valence-corrected chi connectivity index (χ0v) is 19.3. The van der Waals surface area contributed by atoms with Crippen LogP contribution >= 0.6 is 0 Å². The minimum absolute atomic E-state index is 0.0428. The van der Waals surface area contributed by atoms with Gasteiger partial charge in [-0.2, -0.15) is 18.3 Å². The Balaban J connectivity index is 1.27. The number of nitrogens with two attached hydrogens (primary N) is 1. The van der Waals surface area contributed by atoms with E-state index in [0.29, 0.717) is 37.6 Å². The number of nitrogens with one attached hydrogen (secondary N) is 2. The van der Waals surface area contributed by atoms with E-state index in [-0.39, 0.29) is 19.1 Å². The van der Waals surface area contributed by atoms with E-state index in [0.717, 1.165) is 16.6 Å². The van der Waals surface area contributed by atoms with Crippen molar-refractivity contribution < 1.29 is 22.8 Å². The highest BCUT2D eigenvalue weighted by Gasteiger charge is 2.39. The second-order valence-corrected chi connectivity index (χ2v) is 8.19. The maximum atomic E-state index is 13.5. The monoisotopic (exact) mass is 501 g/mol. The van der Waals surface area contributed by atoms with Crippen molar-refractivity contribution in [1.82, 2.24) is 25.3 Å². The van der Waals surface area contributed by atoms with Crippen LogP contribution in [0, 0.1) is 0 Å². The lowest BCUT2D eigenvalue weighted by Gasteiger charge is -2.36. The topological polar surface area (TPSA) is 109 Å². The summed E-state index contributed by atoms with van der Waals surface area (Å²) in [4.78, 5) is 28.7. The smallest absolute Gasteiger partial charge is 0.397 e. The fourth-order valence-corrected chi connectivity index (χ4v) is 3.94. The molecule has 190 valence electrons. The molecule has 36 heavy (non-hydrogen) atoms. The average molecular weight is 502 g/mol. The molecular formula is C24H26F3N7O2. The van der Waals surface area contributed by atoms with Crippen molar-refractivity contribution in [2.45, 2.75) is 6.18 Å². The molecule has 0 radical (unpaired) electrons.